The fourth-order valence-corrected chi connectivity index (χ4v) is 3.61. The molecule has 1 aliphatic rings. The fourth-order valence-electron chi connectivity index (χ4n) is 3.48. The van der Waals surface area contributed by atoms with Crippen LogP contribution in [0.3, 0.4) is 0 Å². The van der Waals surface area contributed by atoms with Crippen molar-refractivity contribution < 1.29 is 14.3 Å². The molecule has 0 radical (unpaired) electrons. The van der Waals surface area contributed by atoms with Crippen molar-refractivity contribution in [3.63, 3.8) is 0 Å². The lowest BCUT2D eigenvalue weighted by atomic mass is 10.0. The van der Waals surface area contributed by atoms with E-state index in [9.17, 15) is 9.59 Å². The van der Waals surface area contributed by atoms with E-state index in [4.69, 9.17) is 21.6 Å². The zero-order chi connectivity index (χ0) is 23.5. The van der Waals surface area contributed by atoms with Gasteiger partial charge in [0.25, 0.3) is 11.8 Å². The second-order valence-electron chi connectivity index (χ2n) is 7.68. The molecule has 3 aromatic carbocycles. The minimum atomic E-state index is -0.489. The van der Waals surface area contributed by atoms with Crippen molar-refractivity contribution in [2.75, 3.05) is 10.2 Å². The average Bonchev–Trinajstić information content (AvgIpc) is 3.05. The van der Waals surface area contributed by atoms with Crippen molar-refractivity contribution in [3.05, 3.63) is 94.6 Å². The van der Waals surface area contributed by atoms with Gasteiger partial charge in [0.05, 0.1) is 29.0 Å². The first-order valence-electron chi connectivity index (χ1n) is 10.3. The fraction of sp³-hybridized carbons (Fsp3) is 0.115. The number of carbonyl (C=O) groups is 2. The Morgan fingerprint density at radius 1 is 0.909 bits per heavy atom. The quantitative estimate of drug-likeness (QED) is 0.501. The third kappa shape index (κ3) is 4.59. The number of hydrogen-bond donors (Lipinski definition) is 1. The molecule has 0 bridgehead atoms. The van der Waals surface area contributed by atoms with Crippen LogP contribution in [0.5, 0.6) is 5.75 Å². The highest BCUT2D eigenvalue weighted by Crippen LogP contribution is 2.34. The maximum atomic E-state index is 13.4. The van der Waals surface area contributed by atoms with E-state index in [-0.39, 0.29) is 17.4 Å². The minimum Gasteiger partial charge on any atom is -0.491 e. The summed E-state index contributed by atoms with van der Waals surface area (Å²) in [4.78, 5) is 27.9. The number of nitrogens with zero attached hydrogens (tertiary/aromatic N) is 2. The highest BCUT2D eigenvalue weighted by molar-refractivity contribution is 6.46. The number of anilines is 2. The third-order valence-corrected chi connectivity index (χ3v) is 5.22. The lowest BCUT2D eigenvalue weighted by Gasteiger charge is -2.15. The number of halogens is 1. The SMILES string of the molecule is CC(C)Oc1ccc(NC2=C(c3ccc(Cl)cc3)C(=O)N(c3ccc(C#N)cc3)C2=O)cc1. The van der Waals surface area contributed by atoms with Crippen LogP contribution in [-0.2, 0) is 9.59 Å². The lowest BCUT2D eigenvalue weighted by Crippen LogP contribution is -2.32. The second kappa shape index (κ2) is 9.19. The normalized spacial score (nSPS) is 13.5. The van der Waals surface area contributed by atoms with Crippen LogP contribution in [0.25, 0.3) is 5.57 Å². The molecule has 33 heavy (non-hydrogen) atoms. The Labute approximate surface area is 196 Å². The summed E-state index contributed by atoms with van der Waals surface area (Å²) in [6.45, 7) is 3.88. The molecule has 2 amide bonds. The number of nitriles is 1. The van der Waals surface area contributed by atoms with Crippen molar-refractivity contribution in [2.24, 2.45) is 0 Å². The molecule has 1 aliphatic heterocycles. The highest BCUT2D eigenvalue weighted by Gasteiger charge is 2.40. The monoisotopic (exact) mass is 457 g/mol. The van der Waals surface area contributed by atoms with Gasteiger partial charge in [-0.3, -0.25) is 9.59 Å². The van der Waals surface area contributed by atoms with E-state index in [0.717, 1.165) is 4.90 Å². The molecule has 3 aromatic rings. The number of imide groups is 1. The summed E-state index contributed by atoms with van der Waals surface area (Å²) in [5.41, 5.74) is 2.41. The molecule has 0 aromatic heterocycles. The standard InChI is InChI=1S/C26H20ClN3O3/c1-16(2)33-22-13-9-20(10-14-22)29-24-23(18-5-7-19(27)8-6-18)25(31)30(26(24)32)21-11-3-17(15-28)4-12-21/h3-14,16,29H,1-2H3. The van der Waals surface area contributed by atoms with Crippen molar-refractivity contribution in [2.45, 2.75) is 20.0 Å². The zero-order valence-electron chi connectivity index (χ0n) is 18.0. The topological polar surface area (TPSA) is 82.4 Å². The predicted octanol–water partition coefficient (Wildman–Crippen LogP) is 5.40. The smallest absolute Gasteiger partial charge is 0.282 e. The van der Waals surface area contributed by atoms with Gasteiger partial charge in [0.1, 0.15) is 11.4 Å². The van der Waals surface area contributed by atoms with Gasteiger partial charge in [-0.15, -0.1) is 0 Å². The molecule has 164 valence electrons. The Balaban J connectivity index is 1.73. The van der Waals surface area contributed by atoms with Gasteiger partial charge in [0, 0.05) is 10.7 Å². The van der Waals surface area contributed by atoms with Gasteiger partial charge in [-0.1, -0.05) is 23.7 Å². The summed E-state index contributed by atoms with van der Waals surface area (Å²) in [5.74, 6) is -0.248. The average molecular weight is 458 g/mol. The molecule has 0 fully saturated rings. The number of benzene rings is 3. The van der Waals surface area contributed by atoms with Crippen molar-refractivity contribution in [3.8, 4) is 11.8 Å². The Bertz CT molecular complexity index is 1270. The number of rotatable bonds is 6. The summed E-state index contributed by atoms with van der Waals surface area (Å²) in [7, 11) is 0. The molecule has 4 rings (SSSR count). The molecule has 0 saturated heterocycles. The molecule has 0 saturated carbocycles. The van der Waals surface area contributed by atoms with Crippen LogP contribution in [-0.4, -0.2) is 17.9 Å². The van der Waals surface area contributed by atoms with Crippen molar-refractivity contribution in [1.82, 2.24) is 0 Å². The molecule has 0 atom stereocenters. The summed E-state index contributed by atoms with van der Waals surface area (Å²) in [5, 5.41) is 12.7. The summed E-state index contributed by atoms with van der Waals surface area (Å²) in [6, 6.07) is 22.2. The number of amides is 2. The number of ether oxygens (including phenoxy) is 1. The Hall–Kier alpha value is -4.08. The maximum absolute atomic E-state index is 13.4. The predicted molar refractivity (Wildman–Crippen MR) is 128 cm³/mol. The van der Waals surface area contributed by atoms with Gasteiger partial charge in [0.15, 0.2) is 0 Å². The van der Waals surface area contributed by atoms with Crippen LogP contribution in [0, 0.1) is 11.3 Å². The number of carbonyl (C=O) groups excluding carboxylic acids is 2. The number of nitrogens with one attached hydrogen (secondary N) is 1. The lowest BCUT2D eigenvalue weighted by molar-refractivity contribution is -0.120. The van der Waals surface area contributed by atoms with E-state index in [1.54, 1.807) is 72.8 Å². The zero-order valence-corrected chi connectivity index (χ0v) is 18.8. The first-order chi connectivity index (χ1) is 15.9. The van der Waals surface area contributed by atoms with E-state index < -0.39 is 11.8 Å². The molecule has 0 spiro atoms. The van der Waals surface area contributed by atoms with E-state index in [0.29, 0.717) is 33.3 Å². The van der Waals surface area contributed by atoms with Gasteiger partial charge in [-0.05, 0) is 80.1 Å². The summed E-state index contributed by atoms with van der Waals surface area (Å²) >= 11 is 6.02. The van der Waals surface area contributed by atoms with Crippen molar-refractivity contribution in [1.29, 1.82) is 5.26 Å². The molecule has 1 N–H and O–H groups in total. The van der Waals surface area contributed by atoms with Gasteiger partial charge >= 0.3 is 0 Å². The van der Waals surface area contributed by atoms with Crippen LogP contribution < -0.4 is 15.0 Å². The van der Waals surface area contributed by atoms with Crippen molar-refractivity contribution >= 4 is 40.4 Å². The van der Waals surface area contributed by atoms with Gasteiger partial charge in [-0.25, -0.2) is 4.90 Å². The van der Waals surface area contributed by atoms with Crippen LogP contribution in [0.4, 0.5) is 11.4 Å². The van der Waals surface area contributed by atoms with Crippen LogP contribution in [0.1, 0.15) is 25.0 Å². The Kier molecular flexibility index (Phi) is 6.16. The first kappa shape index (κ1) is 22.1. The van der Waals surface area contributed by atoms with Crippen LogP contribution >= 0.6 is 11.6 Å². The molecule has 1 heterocycles. The molecular formula is C26H20ClN3O3. The molecule has 0 aliphatic carbocycles. The van der Waals surface area contributed by atoms with Crippen LogP contribution in [0.2, 0.25) is 5.02 Å². The van der Waals surface area contributed by atoms with Crippen LogP contribution in [0.15, 0.2) is 78.5 Å². The van der Waals surface area contributed by atoms with E-state index in [1.165, 1.54) is 0 Å². The van der Waals surface area contributed by atoms with Gasteiger partial charge in [-0.2, -0.15) is 5.26 Å². The Morgan fingerprint density at radius 3 is 2.12 bits per heavy atom. The number of hydrogen-bond acceptors (Lipinski definition) is 5. The third-order valence-electron chi connectivity index (χ3n) is 4.97. The van der Waals surface area contributed by atoms with E-state index >= 15 is 0 Å². The molecule has 7 heteroatoms. The first-order valence-corrected chi connectivity index (χ1v) is 10.7. The van der Waals surface area contributed by atoms with Gasteiger partial charge < -0.3 is 10.1 Å². The maximum Gasteiger partial charge on any atom is 0.282 e. The van der Waals surface area contributed by atoms with E-state index in [1.807, 2.05) is 19.9 Å². The molecule has 6 nitrogen and oxygen atoms in total. The Morgan fingerprint density at radius 2 is 1.55 bits per heavy atom. The summed E-state index contributed by atoms with van der Waals surface area (Å²) in [6.07, 6.45) is 0.0398. The highest BCUT2D eigenvalue weighted by atomic mass is 35.5. The summed E-state index contributed by atoms with van der Waals surface area (Å²) < 4.78 is 5.67. The largest absolute Gasteiger partial charge is 0.491 e. The van der Waals surface area contributed by atoms with E-state index in [2.05, 4.69) is 5.32 Å². The van der Waals surface area contributed by atoms with Gasteiger partial charge in [0.2, 0.25) is 0 Å². The second-order valence-corrected chi connectivity index (χ2v) is 8.11. The molecular weight excluding hydrogens is 438 g/mol. The molecule has 0 unspecified atom stereocenters. The minimum absolute atomic E-state index is 0.0398.